The van der Waals surface area contributed by atoms with Crippen LogP contribution in [0.4, 0.5) is 5.82 Å². The topological polar surface area (TPSA) is 44.8 Å². The average Bonchev–Trinajstić information content (AvgIpc) is 2.96. The van der Waals surface area contributed by atoms with E-state index in [1.54, 1.807) is 6.20 Å². The predicted octanol–water partition coefficient (Wildman–Crippen LogP) is 2.84. The first-order valence-electron chi connectivity index (χ1n) is 7.96. The van der Waals surface area contributed by atoms with E-state index in [0.29, 0.717) is 5.92 Å². The van der Waals surface area contributed by atoms with E-state index in [9.17, 15) is 0 Å². The molecule has 3 aromatic heterocycles. The molecule has 0 radical (unpaired) electrons. The number of nitrogens with one attached hydrogen (secondary N) is 1. The van der Waals surface area contributed by atoms with E-state index < -0.39 is 0 Å². The van der Waals surface area contributed by atoms with Gasteiger partial charge in [0.1, 0.15) is 11.5 Å². The monoisotopic (exact) mass is 300 g/mol. The summed E-state index contributed by atoms with van der Waals surface area (Å²) < 4.78 is 0. The Hall–Kier alpha value is -2.80. The lowest BCUT2D eigenvalue weighted by Crippen LogP contribution is -2.25. The Labute approximate surface area is 134 Å². The molecule has 1 aliphatic carbocycles. The summed E-state index contributed by atoms with van der Waals surface area (Å²) in [5.41, 5.74) is 3.11. The molecule has 3 aromatic rings. The zero-order valence-electron chi connectivity index (χ0n) is 12.7. The van der Waals surface area contributed by atoms with Gasteiger partial charge in [-0.25, -0.2) is 9.97 Å². The van der Waals surface area contributed by atoms with Gasteiger partial charge in [0.2, 0.25) is 0 Å². The van der Waals surface area contributed by atoms with Crippen molar-refractivity contribution in [1.82, 2.24) is 15.0 Å². The molecule has 1 aliphatic heterocycles. The third-order valence-electron chi connectivity index (χ3n) is 4.96. The fraction of sp³-hybridized carbons (Fsp3) is 0.263. The van der Waals surface area contributed by atoms with Crippen molar-refractivity contribution < 1.29 is 0 Å². The van der Waals surface area contributed by atoms with Gasteiger partial charge in [-0.15, -0.1) is 0 Å². The number of H-pyrrole nitrogens is 1. The van der Waals surface area contributed by atoms with E-state index in [-0.39, 0.29) is 5.41 Å². The summed E-state index contributed by atoms with van der Waals surface area (Å²) in [6, 6.07) is 12.1. The second-order valence-electron chi connectivity index (χ2n) is 6.48. The maximum absolute atomic E-state index is 4.76. The molecule has 0 bridgehead atoms. The molecule has 0 spiro atoms. The van der Waals surface area contributed by atoms with Crippen LogP contribution in [-0.4, -0.2) is 28.0 Å². The zero-order valence-corrected chi connectivity index (χ0v) is 12.7. The fourth-order valence-corrected chi connectivity index (χ4v) is 3.58. The van der Waals surface area contributed by atoms with E-state index in [2.05, 4.69) is 38.8 Å². The van der Waals surface area contributed by atoms with Crippen molar-refractivity contribution in [3.63, 3.8) is 0 Å². The van der Waals surface area contributed by atoms with Gasteiger partial charge in [-0.05, 0) is 48.6 Å². The van der Waals surface area contributed by atoms with Crippen LogP contribution in [0.25, 0.3) is 11.0 Å². The molecular weight excluding hydrogens is 284 g/mol. The summed E-state index contributed by atoms with van der Waals surface area (Å²) in [6.07, 6.45) is 4.93. The van der Waals surface area contributed by atoms with Crippen molar-refractivity contribution in [2.75, 3.05) is 18.0 Å². The molecule has 23 heavy (non-hydrogen) atoms. The Bertz CT molecular complexity index is 934. The molecule has 112 valence electrons. The number of hydrogen-bond acceptors (Lipinski definition) is 3. The second kappa shape index (κ2) is 4.60. The Morgan fingerprint density at radius 2 is 2.22 bits per heavy atom. The highest BCUT2D eigenvalue weighted by atomic mass is 15.2. The van der Waals surface area contributed by atoms with Crippen molar-refractivity contribution in [2.45, 2.75) is 6.42 Å². The van der Waals surface area contributed by atoms with Gasteiger partial charge in [0, 0.05) is 25.5 Å². The summed E-state index contributed by atoms with van der Waals surface area (Å²) >= 11 is 0. The lowest BCUT2D eigenvalue weighted by atomic mass is 10.1. The third-order valence-corrected chi connectivity index (χ3v) is 4.96. The van der Waals surface area contributed by atoms with E-state index in [1.165, 1.54) is 6.42 Å². The normalized spacial score (nSPS) is 25.0. The highest BCUT2D eigenvalue weighted by Crippen LogP contribution is 2.57. The van der Waals surface area contributed by atoms with Crippen LogP contribution in [0.3, 0.4) is 0 Å². The Balaban J connectivity index is 1.40. The average molecular weight is 300 g/mol. The van der Waals surface area contributed by atoms with Crippen LogP contribution in [0.15, 0.2) is 48.8 Å². The van der Waals surface area contributed by atoms with Crippen LogP contribution >= 0.6 is 0 Å². The number of pyridine rings is 2. The molecule has 4 heterocycles. The summed E-state index contributed by atoms with van der Waals surface area (Å²) in [4.78, 5) is 14.6. The van der Waals surface area contributed by atoms with Crippen LogP contribution in [0.2, 0.25) is 0 Å². The SMILES string of the molecule is C(#CC12CC1CN(c1ccc3[nH]ccc3n1)C2)c1ccccn1. The van der Waals surface area contributed by atoms with Crippen molar-refractivity contribution in [3.8, 4) is 11.8 Å². The number of fused-ring (bicyclic) bond motifs is 2. The highest BCUT2D eigenvalue weighted by molar-refractivity contribution is 5.77. The molecule has 1 saturated heterocycles. The smallest absolute Gasteiger partial charge is 0.129 e. The molecule has 2 atom stereocenters. The van der Waals surface area contributed by atoms with Gasteiger partial charge >= 0.3 is 0 Å². The first-order valence-corrected chi connectivity index (χ1v) is 7.96. The molecule has 0 aromatic carbocycles. The van der Waals surface area contributed by atoms with Gasteiger partial charge < -0.3 is 9.88 Å². The molecule has 0 amide bonds. The van der Waals surface area contributed by atoms with Crippen molar-refractivity contribution in [1.29, 1.82) is 0 Å². The quantitative estimate of drug-likeness (QED) is 0.703. The number of nitrogens with zero attached hydrogens (tertiary/aromatic N) is 3. The number of piperidine rings is 1. The first kappa shape index (κ1) is 12.7. The molecule has 2 unspecified atom stereocenters. The van der Waals surface area contributed by atoms with E-state index in [4.69, 9.17) is 4.98 Å². The summed E-state index contributed by atoms with van der Waals surface area (Å²) in [5, 5.41) is 0. The molecule has 5 rings (SSSR count). The minimum atomic E-state index is 0.145. The van der Waals surface area contributed by atoms with Crippen LogP contribution in [0.1, 0.15) is 12.1 Å². The lowest BCUT2D eigenvalue weighted by molar-refractivity contribution is 0.703. The number of hydrogen-bond donors (Lipinski definition) is 1. The maximum atomic E-state index is 4.76. The van der Waals surface area contributed by atoms with Crippen molar-refractivity contribution in [2.24, 2.45) is 11.3 Å². The number of aromatic amines is 1. The maximum Gasteiger partial charge on any atom is 0.129 e. The van der Waals surface area contributed by atoms with Crippen LogP contribution in [-0.2, 0) is 0 Å². The fourth-order valence-electron chi connectivity index (χ4n) is 3.58. The molecule has 2 fully saturated rings. The van der Waals surface area contributed by atoms with E-state index in [0.717, 1.165) is 35.6 Å². The van der Waals surface area contributed by atoms with Gasteiger partial charge in [0.25, 0.3) is 0 Å². The van der Waals surface area contributed by atoms with Gasteiger partial charge in [0.05, 0.1) is 16.4 Å². The minimum absolute atomic E-state index is 0.145. The standard InChI is InChI=1S/C19H16N4/c1-2-9-20-15(3-1)6-8-19-11-14(19)12-23(13-19)18-5-4-16-17(22-18)7-10-21-16/h1-5,7,9-10,14,21H,11-13H2. The molecule has 4 heteroatoms. The summed E-state index contributed by atoms with van der Waals surface area (Å²) in [6.45, 7) is 2.03. The van der Waals surface area contributed by atoms with Gasteiger partial charge in [-0.3, -0.25) is 0 Å². The predicted molar refractivity (Wildman–Crippen MR) is 90.0 cm³/mol. The number of rotatable bonds is 1. The lowest BCUT2D eigenvalue weighted by Gasteiger charge is -2.20. The summed E-state index contributed by atoms with van der Waals surface area (Å²) in [5.74, 6) is 8.47. The largest absolute Gasteiger partial charge is 0.360 e. The first-order chi connectivity index (χ1) is 11.3. The molecule has 2 aliphatic rings. The Morgan fingerprint density at radius 3 is 3.13 bits per heavy atom. The summed E-state index contributed by atoms with van der Waals surface area (Å²) in [7, 11) is 0. The number of anilines is 1. The van der Waals surface area contributed by atoms with Crippen molar-refractivity contribution in [3.05, 3.63) is 54.5 Å². The van der Waals surface area contributed by atoms with E-state index >= 15 is 0 Å². The van der Waals surface area contributed by atoms with Crippen LogP contribution < -0.4 is 4.90 Å². The molecule has 1 N–H and O–H groups in total. The van der Waals surface area contributed by atoms with Crippen LogP contribution in [0, 0.1) is 23.2 Å². The Morgan fingerprint density at radius 1 is 1.22 bits per heavy atom. The molecule has 1 saturated carbocycles. The zero-order chi connectivity index (χ0) is 15.3. The second-order valence-corrected chi connectivity index (χ2v) is 6.48. The molecular formula is C19H16N4. The number of aromatic nitrogens is 3. The highest BCUT2D eigenvalue weighted by Gasteiger charge is 2.59. The van der Waals surface area contributed by atoms with Gasteiger partial charge in [-0.2, -0.15) is 0 Å². The van der Waals surface area contributed by atoms with Gasteiger partial charge in [-0.1, -0.05) is 12.0 Å². The van der Waals surface area contributed by atoms with Gasteiger partial charge in [0.15, 0.2) is 0 Å². The third kappa shape index (κ3) is 2.08. The molecule has 4 nitrogen and oxygen atoms in total. The van der Waals surface area contributed by atoms with E-state index in [1.807, 2.05) is 30.5 Å². The Kier molecular flexibility index (Phi) is 2.54. The van der Waals surface area contributed by atoms with Crippen LogP contribution in [0.5, 0.6) is 0 Å². The van der Waals surface area contributed by atoms with Crippen molar-refractivity contribution >= 4 is 16.9 Å². The minimum Gasteiger partial charge on any atom is -0.360 e.